The van der Waals surface area contributed by atoms with Crippen LogP contribution in [-0.2, 0) is 4.79 Å². The predicted molar refractivity (Wildman–Crippen MR) is 65.7 cm³/mol. The Kier molecular flexibility index (Phi) is 3.10. The van der Waals surface area contributed by atoms with Crippen LogP contribution < -0.4 is 0 Å². The van der Waals surface area contributed by atoms with E-state index in [4.69, 9.17) is 12.2 Å². The number of likely N-dealkylation sites (tertiary alicyclic amines) is 1. The average molecular weight is 236 g/mol. The van der Waals surface area contributed by atoms with Gasteiger partial charge in [-0.1, -0.05) is 12.2 Å². The van der Waals surface area contributed by atoms with Gasteiger partial charge in [0.25, 0.3) is 0 Å². The zero-order chi connectivity index (χ0) is 11.7. The molecule has 1 amide bonds. The van der Waals surface area contributed by atoms with Crippen LogP contribution in [0.4, 0.5) is 0 Å². The number of pyridine rings is 1. The molecule has 0 aromatic carbocycles. The molecule has 1 N–H and O–H groups in total. The highest BCUT2D eigenvalue weighted by atomic mass is 32.1. The van der Waals surface area contributed by atoms with E-state index in [1.54, 1.807) is 6.92 Å². The summed E-state index contributed by atoms with van der Waals surface area (Å²) in [5.41, 5.74) is 2.36. The number of nitrogens with one attached hydrogen (secondary N) is 1. The van der Waals surface area contributed by atoms with E-state index in [-0.39, 0.29) is 11.9 Å². The molecule has 2 rings (SSSR count). The van der Waals surface area contributed by atoms with E-state index in [9.17, 15) is 4.79 Å². The smallest absolute Gasteiger partial charge is 0.219 e. The van der Waals surface area contributed by atoms with Crippen LogP contribution in [0.25, 0.3) is 0 Å². The minimum atomic E-state index is 0.157. The number of aromatic nitrogens is 1. The van der Waals surface area contributed by atoms with Gasteiger partial charge in [0.1, 0.15) is 4.64 Å². The molecule has 1 unspecified atom stereocenters. The predicted octanol–water partition coefficient (Wildman–Crippen LogP) is 2.74. The van der Waals surface area contributed by atoms with Gasteiger partial charge in [0.05, 0.1) is 6.04 Å². The number of carbonyl (C=O) groups is 1. The summed E-state index contributed by atoms with van der Waals surface area (Å²) < 4.78 is 0.744. The summed E-state index contributed by atoms with van der Waals surface area (Å²) in [5, 5.41) is 0. The van der Waals surface area contributed by atoms with Crippen molar-refractivity contribution in [3.63, 3.8) is 0 Å². The molecular weight excluding hydrogens is 220 g/mol. The van der Waals surface area contributed by atoms with Gasteiger partial charge in [-0.05, 0) is 37.0 Å². The van der Waals surface area contributed by atoms with E-state index in [0.29, 0.717) is 0 Å². The number of carbonyl (C=O) groups excluding carboxylic acids is 1. The normalized spacial score (nSPS) is 20.1. The van der Waals surface area contributed by atoms with Gasteiger partial charge in [-0.3, -0.25) is 4.79 Å². The van der Waals surface area contributed by atoms with E-state index in [0.717, 1.165) is 24.0 Å². The van der Waals surface area contributed by atoms with E-state index in [1.807, 2.05) is 17.2 Å². The quantitative estimate of drug-likeness (QED) is 0.761. The monoisotopic (exact) mass is 236 g/mol. The largest absolute Gasteiger partial charge is 0.353 e. The fraction of sp³-hybridized carbons (Fsp3) is 0.500. The Bertz CT molecular complexity index is 466. The molecule has 1 atom stereocenters. The molecule has 1 aromatic rings. The van der Waals surface area contributed by atoms with Gasteiger partial charge in [0.2, 0.25) is 5.91 Å². The van der Waals surface area contributed by atoms with Gasteiger partial charge in [-0.25, -0.2) is 0 Å². The molecule has 16 heavy (non-hydrogen) atoms. The lowest BCUT2D eigenvalue weighted by Crippen LogP contribution is -2.28. The second-order valence-corrected chi connectivity index (χ2v) is 4.75. The van der Waals surface area contributed by atoms with Crippen LogP contribution in [0.2, 0.25) is 0 Å². The maximum atomic E-state index is 11.5. The number of hydrogen-bond acceptors (Lipinski definition) is 2. The summed E-state index contributed by atoms with van der Waals surface area (Å²) in [7, 11) is 0. The average Bonchev–Trinajstić information content (AvgIpc) is 2.66. The van der Waals surface area contributed by atoms with E-state index in [2.05, 4.69) is 11.9 Å². The first-order chi connectivity index (χ1) is 7.59. The molecule has 1 aromatic heterocycles. The Hall–Kier alpha value is -1.16. The summed E-state index contributed by atoms with van der Waals surface area (Å²) >= 11 is 5.08. The zero-order valence-corrected chi connectivity index (χ0v) is 10.4. The highest BCUT2D eigenvalue weighted by molar-refractivity contribution is 7.71. The topological polar surface area (TPSA) is 36.1 Å². The van der Waals surface area contributed by atoms with Crippen molar-refractivity contribution < 1.29 is 4.79 Å². The summed E-state index contributed by atoms with van der Waals surface area (Å²) in [4.78, 5) is 16.5. The van der Waals surface area contributed by atoms with E-state index < -0.39 is 0 Å². The standard InChI is InChI=1S/C12H16N2OS/c1-8-6-12(16)13-7-10(8)11-4-3-5-14(11)9(2)15/h6-7,11H,3-5H2,1-2H3,(H,13,16). The zero-order valence-electron chi connectivity index (χ0n) is 9.62. The minimum absolute atomic E-state index is 0.157. The lowest BCUT2D eigenvalue weighted by Gasteiger charge is -2.24. The molecule has 0 radical (unpaired) electrons. The summed E-state index contributed by atoms with van der Waals surface area (Å²) in [6.45, 7) is 4.56. The van der Waals surface area contributed by atoms with Crippen molar-refractivity contribution >= 4 is 18.1 Å². The number of rotatable bonds is 1. The van der Waals surface area contributed by atoms with Crippen molar-refractivity contribution in [2.45, 2.75) is 32.7 Å². The fourth-order valence-corrected chi connectivity index (χ4v) is 2.65. The molecule has 86 valence electrons. The molecule has 0 bridgehead atoms. The highest BCUT2D eigenvalue weighted by Crippen LogP contribution is 2.33. The fourth-order valence-electron chi connectivity index (χ4n) is 2.41. The lowest BCUT2D eigenvalue weighted by atomic mass is 10.0. The van der Waals surface area contributed by atoms with Gasteiger partial charge in [-0.2, -0.15) is 0 Å². The van der Waals surface area contributed by atoms with Gasteiger partial charge in [0.15, 0.2) is 0 Å². The highest BCUT2D eigenvalue weighted by Gasteiger charge is 2.28. The van der Waals surface area contributed by atoms with Gasteiger partial charge in [-0.15, -0.1) is 0 Å². The summed E-state index contributed by atoms with van der Waals surface area (Å²) in [5.74, 6) is 0.157. The van der Waals surface area contributed by atoms with Crippen LogP contribution >= 0.6 is 12.2 Å². The third kappa shape index (κ3) is 2.02. The SMILES string of the molecule is CC(=O)N1CCCC1c1c[nH]c(=S)cc1C. The molecule has 2 heterocycles. The third-order valence-corrected chi connectivity index (χ3v) is 3.42. The number of H-pyrrole nitrogens is 1. The van der Waals surface area contributed by atoms with Crippen LogP contribution in [-0.4, -0.2) is 22.3 Å². The molecular formula is C12H16N2OS. The number of amides is 1. The van der Waals surface area contributed by atoms with Crippen molar-refractivity contribution in [2.75, 3.05) is 6.54 Å². The number of hydrogen-bond donors (Lipinski definition) is 1. The van der Waals surface area contributed by atoms with Gasteiger partial charge >= 0.3 is 0 Å². The lowest BCUT2D eigenvalue weighted by molar-refractivity contribution is -0.129. The van der Waals surface area contributed by atoms with Crippen LogP contribution in [0.3, 0.4) is 0 Å². The molecule has 1 saturated heterocycles. The molecule has 1 fully saturated rings. The molecule has 1 aliphatic heterocycles. The Morgan fingerprint density at radius 3 is 3.00 bits per heavy atom. The van der Waals surface area contributed by atoms with Crippen LogP contribution in [0.5, 0.6) is 0 Å². The maximum absolute atomic E-state index is 11.5. The molecule has 1 aliphatic rings. The van der Waals surface area contributed by atoms with Crippen LogP contribution in [0.1, 0.15) is 36.9 Å². The summed E-state index contributed by atoms with van der Waals surface area (Å²) in [6.07, 6.45) is 4.08. The van der Waals surface area contributed by atoms with Crippen molar-refractivity contribution in [3.05, 3.63) is 28.0 Å². The second-order valence-electron chi connectivity index (χ2n) is 4.31. The first-order valence-corrected chi connectivity index (χ1v) is 5.97. The Balaban J connectivity index is 2.36. The first kappa shape index (κ1) is 11.3. The van der Waals surface area contributed by atoms with E-state index >= 15 is 0 Å². The molecule has 0 aliphatic carbocycles. The van der Waals surface area contributed by atoms with Gasteiger partial charge < -0.3 is 9.88 Å². The number of aryl methyl sites for hydroxylation is 1. The Morgan fingerprint density at radius 1 is 1.62 bits per heavy atom. The first-order valence-electron chi connectivity index (χ1n) is 5.56. The van der Waals surface area contributed by atoms with Crippen molar-refractivity contribution in [1.29, 1.82) is 0 Å². The second kappa shape index (κ2) is 4.37. The third-order valence-electron chi connectivity index (χ3n) is 3.19. The van der Waals surface area contributed by atoms with Gasteiger partial charge in [0, 0.05) is 19.7 Å². The van der Waals surface area contributed by atoms with Crippen LogP contribution in [0, 0.1) is 11.6 Å². The molecule has 0 spiro atoms. The van der Waals surface area contributed by atoms with E-state index in [1.165, 1.54) is 11.1 Å². The Labute approximate surface area is 100 Å². The molecule has 4 heteroatoms. The molecule has 3 nitrogen and oxygen atoms in total. The summed E-state index contributed by atoms with van der Waals surface area (Å²) in [6, 6.07) is 2.19. The van der Waals surface area contributed by atoms with Crippen molar-refractivity contribution in [2.24, 2.45) is 0 Å². The number of aromatic amines is 1. The maximum Gasteiger partial charge on any atom is 0.219 e. The number of nitrogens with zero attached hydrogens (tertiary/aromatic N) is 1. The molecule has 0 saturated carbocycles. The minimum Gasteiger partial charge on any atom is -0.353 e. The van der Waals surface area contributed by atoms with Crippen LogP contribution in [0.15, 0.2) is 12.3 Å². The van der Waals surface area contributed by atoms with Crippen molar-refractivity contribution in [3.8, 4) is 0 Å². The van der Waals surface area contributed by atoms with Crippen molar-refractivity contribution in [1.82, 2.24) is 9.88 Å². The Morgan fingerprint density at radius 2 is 2.38 bits per heavy atom.